The molecule has 1 aromatic rings. The van der Waals surface area contributed by atoms with Crippen molar-refractivity contribution in [1.29, 1.82) is 0 Å². The van der Waals surface area contributed by atoms with Gasteiger partial charge in [0.05, 0.1) is 6.42 Å². The smallest absolute Gasteiger partial charge is 0.325 e. The number of hydrogen-bond donors (Lipinski definition) is 2. The Labute approximate surface area is 163 Å². The van der Waals surface area contributed by atoms with Gasteiger partial charge < -0.3 is 15.4 Å². The van der Waals surface area contributed by atoms with Crippen LogP contribution in [0.15, 0.2) is 24.3 Å². The van der Waals surface area contributed by atoms with Crippen molar-refractivity contribution >= 4 is 29.5 Å². The molecule has 8 heteroatoms. The van der Waals surface area contributed by atoms with Crippen LogP contribution in [-0.4, -0.2) is 46.9 Å². The van der Waals surface area contributed by atoms with E-state index in [4.69, 9.17) is 4.74 Å². The first kappa shape index (κ1) is 19.9. The molecule has 0 unspecified atom stereocenters. The fourth-order valence-corrected chi connectivity index (χ4v) is 3.59. The molecule has 8 nitrogen and oxygen atoms in total. The van der Waals surface area contributed by atoms with Gasteiger partial charge in [-0.05, 0) is 38.8 Å². The van der Waals surface area contributed by atoms with Gasteiger partial charge in [-0.25, -0.2) is 4.79 Å². The predicted octanol–water partition coefficient (Wildman–Crippen LogP) is 2.12. The molecule has 28 heavy (non-hydrogen) atoms. The number of esters is 1. The van der Waals surface area contributed by atoms with Crippen molar-refractivity contribution in [3.63, 3.8) is 0 Å². The zero-order chi connectivity index (χ0) is 20.3. The molecule has 1 spiro atoms. The van der Waals surface area contributed by atoms with Crippen molar-refractivity contribution in [1.82, 2.24) is 10.2 Å². The minimum atomic E-state index is -0.988. The second-order valence-corrected chi connectivity index (χ2v) is 7.41. The number of carbonyl (C=O) groups excluding carboxylic acids is 4. The number of aryl methyl sites for hydroxylation is 1. The number of urea groups is 1. The average Bonchev–Trinajstić information content (AvgIpc) is 3.21. The molecule has 150 valence electrons. The van der Waals surface area contributed by atoms with Crippen molar-refractivity contribution in [3.8, 4) is 0 Å². The Morgan fingerprint density at radius 3 is 2.50 bits per heavy atom. The lowest BCUT2D eigenvalue weighted by molar-refractivity contribution is -0.153. The summed E-state index contributed by atoms with van der Waals surface area (Å²) in [6.07, 6.45) is 1.92. The molecule has 2 N–H and O–H groups in total. The first-order chi connectivity index (χ1) is 13.3. The number of anilines is 1. The van der Waals surface area contributed by atoms with Gasteiger partial charge in [-0.15, -0.1) is 0 Å². The Bertz CT molecular complexity index is 784. The molecule has 1 saturated carbocycles. The Kier molecular flexibility index (Phi) is 5.67. The molecule has 1 aromatic carbocycles. The maximum absolute atomic E-state index is 12.5. The normalized spacial score (nSPS) is 18.9. The second kappa shape index (κ2) is 8.00. The van der Waals surface area contributed by atoms with E-state index in [2.05, 4.69) is 10.6 Å². The van der Waals surface area contributed by atoms with Crippen molar-refractivity contribution in [3.05, 3.63) is 29.8 Å². The van der Waals surface area contributed by atoms with E-state index in [0.717, 1.165) is 23.3 Å². The first-order valence-corrected chi connectivity index (χ1v) is 9.52. The highest BCUT2D eigenvalue weighted by atomic mass is 16.5. The standard InChI is InChI=1S/C20H25N3O5/c1-13-5-7-15(8-6-13)21-17(25)14(2)28-16(24)9-12-23-18(26)20(22-19(23)27)10-3-4-11-20/h5-8,14H,3-4,9-12H2,1-2H3,(H,21,25)(H,22,27)/t14-/m0/s1. The van der Waals surface area contributed by atoms with Crippen molar-refractivity contribution in [2.75, 3.05) is 11.9 Å². The number of carbonyl (C=O) groups is 4. The molecule has 1 aliphatic heterocycles. The van der Waals surface area contributed by atoms with Gasteiger partial charge in [0, 0.05) is 12.2 Å². The van der Waals surface area contributed by atoms with E-state index < -0.39 is 29.6 Å². The van der Waals surface area contributed by atoms with Crippen molar-refractivity contribution in [2.24, 2.45) is 0 Å². The van der Waals surface area contributed by atoms with Crippen LogP contribution in [0.5, 0.6) is 0 Å². The van der Waals surface area contributed by atoms with Gasteiger partial charge in [0.25, 0.3) is 11.8 Å². The van der Waals surface area contributed by atoms with Crippen LogP contribution in [-0.2, 0) is 19.1 Å². The summed E-state index contributed by atoms with van der Waals surface area (Å²) in [6, 6.07) is 6.78. The molecular weight excluding hydrogens is 362 g/mol. The third-order valence-corrected chi connectivity index (χ3v) is 5.24. The lowest BCUT2D eigenvalue weighted by atomic mass is 9.98. The fourth-order valence-electron chi connectivity index (χ4n) is 3.59. The van der Waals surface area contributed by atoms with E-state index in [9.17, 15) is 19.2 Å². The number of benzene rings is 1. The van der Waals surface area contributed by atoms with Crippen LogP contribution in [0.4, 0.5) is 10.5 Å². The highest BCUT2D eigenvalue weighted by molar-refractivity contribution is 6.07. The van der Waals surface area contributed by atoms with Gasteiger partial charge in [0.1, 0.15) is 5.54 Å². The minimum absolute atomic E-state index is 0.0580. The molecule has 2 aliphatic rings. The van der Waals surface area contributed by atoms with Crippen LogP contribution in [0, 0.1) is 6.92 Å². The number of amides is 4. The van der Waals surface area contributed by atoms with Gasteiger partial charge in [0.15, 0.2) is 6.10 Å². The van der Waals surface area contributed by atoms with E-state index >= 15 is 0 Å². The maximum atomic E-state index is 12.5. The first-order valence-electron chi connectivity index (χ1n) is 9.52. The number of rotatable bonds is 6. The summed E-state index contributed by atoms with van der Waals surface area (Å²) >= 11 is 0. The van der Waals surface area contributed by atoms with Crippen LogP contribution in [0.1, 0.15) is 44.6 Å². The lowest BCUT2D eigenvalue weighted by Crippen LogP contribution is -2.44. The van der Waals surface area contributed by atoms with Gasteiger partial charge in [-0.2, -0.15) is 0 Å². The lowest BCUT2D eigenvalue weighted by Gasteiger charge is -2.20. The van der Waals surface area contributed by atoms with Crippen LogP contribution < -0.4 is 10.6 Å². The molecule has 1 saturated heterocycles. The van der Waals surface area contributed by atoms with E-state index in [1.807, 2.05) is 19.1 Å². The van der Waals surface area contributed by atoms with Crippen LogP contribution in [0.25, 0.3) is 0 Å². The molecule has 1 atom stereocenters. The molecule has 2 fully saturated rings. The Morgan fingerprint density at radius 1 is 1.21 bits per heavy atom. The molecule has 1 heterocycles. The summed E-state index contributed by atoms with van der Waals surface area (Å²) in [7, 11) is 0. The number of hydrogen-bond acceptors (Lipinski definition) is 5. The Balaban J connectivity index is 1.47. The SMILES string of the molecule is Cc1ccc(NC(=O)[C@H](C)OC(=O)CCN2C(=O)NC3(CCCC3)C2=O)cc1. The molecule has 1 aliphatic carbocycles. The fraction of sp³-hybridized carbons (Fsp3) is 0.500. The summed E-state index contributed by atoms with van der Waals surface area (Å²) in [5, 5.41) is 5.44. The summed E-state index contributed by atoms with van der Waals surface area (Å²) in [5.41, 5.74) is 0.888. The third-order valence-electron chi connectivity index (χ3n) is 5.24. The summed E-state index contributed by atoms with van der Waals surface area (Å²) in [6.45, 7) is 3.36. The van der Waals surface area contributed by atoms with Crippen LogP contribution >= 0.6 is 0 Å². The molecule has 0 aromatic heterocycles. The topological polar surface area (TPSA) is 105 Å². The predicted molar refractivity (Wildman–Crippen MR) is 101 cm³/mol. The summed E-state index contributed by atoms with van der Waals surface area (Å²) in [5.74, 6) is -1.36. The molecular formula is C20H25N3O5. The molecule has 3 rings (SSSR count). The monoisotopic (exact) mass is 387 g/mol. The highest BCUT2D eigenvalue weighted by Gasteiger charge is 2.52. The van der Waals surface area contributed by atoms with Crippen molar-refractivity contribution < 1.29 is 23.9 Å². The Hall–Kier alpha value is -2.90. The quantitative estimate of drug-likeness (QED) is 0.575. The maximum Gasteiger partial charge on any atom is 0.325 e. The zero-order valence-corrected chi connectivity index (χ0v) is 16.1. The molecule has 4 amide bonds. The second-order valence-electron chi connectivity index (χ2n) is 7.41. The highest BCUT2D eigenvalue weighted by Crippen LogP contribution is 2.35. The van der Waals surface area contributed by atoms with Gasteiger partial charge in [0.2, 0.25) is 0 Å². The van der Waals surface area contributed by atoms with Crippen LogP contribution in [0.3, 0.4) is 0 Å². The number of nitrogens with one attached hydrogen (secondary N) is 2. The number of imide groups is 1. The summed E-state index contributed by atoms with van der Waals surface area (Å²) < 4.78 is 5.13. The average molecular weight is 387 g/mol. The van der Waals surface area contributed by atoms with E-state index in [1.54, 1.807) is 12.1 Å². The van der Waals surface area contributed by atoms with E-state index in [0.29, 0.717) is 18.5 Å². The van der Waals surface area contributed by atoms with Gasteiger partial charge in [-0.1, -0.05) is 30.5 Å². The Morgan fingerprint density at radius 2 is 1.86 bits per heavy atom. The number of ether oxygens (including phenoxy) is 1. The van der Waals surface area contributed by atoms with Crippen molar-refractivity contribution in [2.45, 2.75) is 57.6 Å². The largest absolute Gasteiger partial charge is 0.452 e. The van der Waals surface area contributed by atoms with Crippen LogP contribution in [0.2, 0.25) is 0 Å². The van der Waals surface area contributed by atoms with E-state index in [-0.39, 0.29) is 18.9 Å². The van der Waals surface area contributed by atoms with E-state index in [1.165, 1.54) is 6.92 Å². The van der Waals surface area contributed by atoms with Gasteiger partial charge in [-0.3, -0.25) is 19.3 Å². The zero-order valence-electron chi connectivity index (χ0n) is 16.1. The summed E-state index contributed by atoms with van der Waals surface area (Å²) in [4.78, 5) is 49.9. The molecule has 0 radical (unpaired) electrons. The minimum Gasteiger partial charge on any atom is -0.452 e. The molecule has 0 bridgehead atoms. The van der Waals surface area contributed by atoms with Gasteiger partial charge >= 0.3 is 12.0 Å². The number of nitrogens with zero attached hydrogens (tertiary/aromatic N) is 1. The third kappa shape index (κ3) is 4.16.